The Morgan fingerprint density at radius 2 is 2.37 bits per heavy atom. The van der Waals surface area contributed by atoms with Gasteiger partial charge in [-0.25, -0.2) is 4.98 Å². The Morgan fingerprint density at radius 3 is 3.16 bits per heavy atom. The Balaban J connectivity index is 1.58. The van der Waals surface area contributed by atoms with Crippen LogP contribution in [0.5, 0.6) is 0 Å². The summed E-state index contributed by atoms with van der Waals surface area (Å²) in [5.41, 5.74) is 4.16. The summed E-state index contributed by atoms with van der Waals surface area (Å²) in [6.07, 6.45) is 3.41. The van der Waals surface area contributed by atoms with Gasteiger partial charge < -0.3 is 5.32 Å². The van der Waals surface area contributed by atoms with Crippen molar-refractivity contribution in [3.05, 3.63) is 49.9 Å². The quantitative estimate of drug-likeness (QED) is 0.911. The zero-order chi connectivity index (χ0) is 13.2. The van der Waals surface area contributed by atoms with Gasteiger partial charge in [-0.3, -0.25) is 0 Å². The van der Waals surface area contributed by atoms with Crippen LogP contribution in [-0.2, 0) is 12.8 Å². The van der Waals surface area contributed by atoms with E-state index in [0.29, 0.717) is 6.04 Å². The van der Waals surface area contributed by atoms with Crippen molar-refractivity contribution in [1.82, 2.24) is 10.3 Å². The van der Waals surface area contributed by atoms with Crippen molar-refractivity contribution < 1.29 is 0 Å². The molecule has 0 radical (unpaired) electrons. The molecule has 0 aliphatic heterocycles. The second-order valence-corrected chi connectivity index (χ2v) is 6.97. The number of aromatic nitrogens is 1. The molecule has 1 atom stereocenters. The first-order valence-electron chi connectivity index (χ1n) is 6.65. The van der Waals surface area contributed by atoms with Crippen LogP contribution in [0.1, 0.15) is 34.3 Å². The summed E-state index contributed by atoms with van der Waals surface area (Å²) < 4.78 is 1.19. The van der Waals surface area contributed by atoms with Gasteiger partial charge in [0.05, 0.1) is 10.7 Å². The fourth-order valence-corrected chi connectivity index (χ4v) is 3.75. The lowest BCUT2D eigenvalue weighted by Gasteiger charge is -2.13. The van der Waals surface area contributed by atoms with Crippen LogP contribution < -0.4 is 5.32 Å². The maximum atomic E-state index is 4.50. The zero-order valence-electron chi connectivity index (χ0n) is 10.9. The highest BCUT2D eigenvalue weighted by atomic mass is 79.9. The summed E-state index contributed by atoms with van der Waals surface area (Å²) in [7, 11) is 0. The van der Waals surface area contributed by atoms with Crippen molar-refractivity contribution in [3.63, 3.8) is 0 Å². The largest absolute Gasteiger partial charge is 0.310 e. The summed E-state index contributed by atoms with van der Waals surface area (Å²) in [5, 5.41) is 6.99. The van der Waals surface area contributed by atoms with Gasteiger partial charge in [0.25, 0.3) is 0 Å². The number of fused-ring (bicyclic) bond motifs is 1. The number of rotatable bonds is 4. The molecule has 1 aromatic carbocycles. The number of hydrogen-bond acceptors (Lipinski definition) is 3. The van der Waals surface area contributed by atoms with Crippen molar-refractivity contribution in [2.24, 2.45) is 0 Å². The highest BCUT2D eigenvalue weighted by molar-refractivity contribution is 9.10. The second-order valence-electron chi connectivity index (χ2n) is 5.00. The lowest BCUT2D eigenvalue weighted by Crippen LogP contribution is -2.22. The molecular weight excluding hydrogens is 320 g/mol. The molecule has 0 saturated heterocycles. The molecule has 19 heavy (non-hydrogen) atoms. The Labute approximate surface area is 126 Å². The van der Waals surface area contributed by atoms with Gasteiger partial charge in [-0.15, -0.1) is 11.3 Å². The maximum absolute atomic E-state index is 4.50. The molecule has 1 aliphatic rings. The average molecular weight is 337 g/mol. The molecule has 0 fully saturated rings. The van der Waals surface area contributed by atoms with Gasteiger partial charge in [0.2, 0.25) is 0 Å². The minimum Gasteiger partial charge on any atom is -0.310 e. The van der Waals surface area contributed by atoms with E-state index in [1.165, 1.54) is 34.1 Å². The van der Waals surface area contributed by atoms with E-state index in [0.717, 1.165) is 18.0 Å². The van der Waals surface area contributed by atoms with Crippen molar-refractivity contribution in [1.29, 1.82) is 0 Å². The number of benzene rings is 1. The Kier molecular flexibility index (Phi) is 4.01. The number of nitrogens with one attached hydrogen (secondary N) is 1. The molecule has 1 unspecified atom stereocenters. The number of nitrogens with zero attached hydrogens (tertiary/aromatic N) is 1. The van der Waals surface area contributed by atoms with Crippen LogP contribution >= 0.6 is 27.3 Å². The standard InChI is InChI=1S/C15H17BrN2S/c1-10-18-13(9-19-10)6-7-17-15-5-2-11-8-12(16)3-4-14(11)15/h3-4,8-9,15,17H,2,5-7H2,1H3. The average Bonchev–Trinajstić information content (AvgIpc) is 2.96. The van der Waals surface area contributed by atoms with Crippen LogP contribution in [0.15, 0.2) is 28.1 Å². The monoisotopic (exact) mass is 336 g/mol. The maximum Gasteiger partial charge on any atom is 0.0897 e. The van der Waals surface area contributed by atoms with Gasteiger partial charge in [-0.1, -0.05) is 22.0 Å². The van der Waals surface area contributed by atoms with Gasteiger partial charge in [0, 0.05) is 28.9 Å². The molecule has 4 heteroatoms. The molecule has 1 aliphatic carbocycles. The fraction of sp³-hybridized carbons (Fsp3) is 0.400. The molecule has 0 amide bonds. The van der Waals surface area contributed by atoms with Crippen molar-refractivity contribution in [3.8, 4) is 0 Å². The number of halogens is 1. The molecule has 0 bridgehead atoms. The molecule has 2 nitrogen and oxygen atoms in total. The molecule has 2 aromatic rings. The molecular formula is C15H17BrN2S. The fourth-order valence-electron chi connectivity index (χ4n) is 2.70. The van der Waals surface area contributed by atoms with Crippen LogP contribution in [0.2, 0.25) is 0 Å². The predicted octanol–water partition coefficient (Wildman–Crippen LogP) is 4.03. The van der Waals surface area contributed by atoms with Crippen LogP contribution in [0.3, 0.4) is 0 Å². The van der Waals surface area contributed by atoms with Gasteiger partial charge in [-0.2, -0.15) is 0 Å². The summed E-state index contributed by atoms with van der Waals surface area (Å²) in [5.74, 6) is 0. The minimum atomic E-state index is 0.517. The predicted molar refractivity (Wildman–Crippen MR) is 83.8 cm³/mol. The van der Waals surface area contributed by atoms with Crippen molar-refractivity contribution in [2.75, 3.05) is 6.54 Å². The van der Waals surface area contributed by atoms with Gasteiger partial charge in [0.15, 0.2) is 0 Å². The molecule has 1 aromatic heterocycles. The van der Waals surface area contributed by atoms with E-state index in [2.05, 4.69) is 56.7 Å². The van der Waals surface area contributed by atoms with Crippen LogP contribution in [0.25, 0.3) is 0 Å². The molecule has 0 saturated carbocycles. The van der Waals surface area contributed by atoms with Crippen molar-refractivity contribution in [2.45, 2.75) is 32.2 Å². The lowest BCUT2D eigenvalue weighted by atomic mass is 10.1. The van der Waals surface area contributed by atoms with Crippen LogP contribution in [-0.4, -0.2) is 11.5 Å². The topological polar surface area (TPSA) is 24.9 Å². The first-order chi connectivity index (χ1) is 9.22. The lowest BCUT2D eigenvalue weighted by molar-refractivity contribution is 0.532. The summed E-state index contributed by atoms with van der Waals surface area (Å²) in [6, 6.07) is 7.16. The summed E-state index contributed by atoms with van der Waals surface area (Å²) in [6.45, 7) is 3.07. The molecule has 1 heterocycles. The summed E-state index contributed by atoms with van der Waals surface area (Å²) in [4.78, 5) is 4.50. The number of hydrogen-bond donors (Lipinski definition) is 1. The Hall–Kier alpha value is -0.710. The first kappa shape index (κ1) is 13.3. The first-order valence-corrected chi connectivity index (χ1v) is 8.32. The zero-order valence-corrected chi connectivity index (χ0v) is 13.4. The molecule has 100 valence electrons. The third kappa shape index (κ3) is 3.07. The van der Waals surface area contributed by atoms with Crippen LogP contribution in [0.4, 0.5) is 0 Å². The molecule has 0 spiro atoms. The van der Waals surface area contributed by atoms with E-state index in [9.17, 15) is 0 Å². The van der Waals surface area contributed by atoms with Gasteiger partial charge in [0.1, 0.15) is 0 Å². The van der Waals surface area contributed by atoms with E-state index in [1.807, 2.05) is 0 Å². The van der Waals surface area contributed by atoms with Gasteiger partial charge in [-0.05, 0) is 43.0 Å². The highest BCUT2D eigenvalue weighted by Gasteiger charge is 2.21. The normalized spacial score (nSPS) is 17.7. The van der Waals surface area contributed by atoms with E-state index in [-0.39, 0.29) is 0 Å². The van der Waals surface area contributed by atoms with Crippen LogP contribution in [0, 0.1) is 6.92 Å². The second kappa shape index (κ2) is 5.73. The van der Waals surface area contributed by atoms with E-state index in [1.54, 1.807) is 11.3 Å². The molecule has 1 N–H and O–H groups in total. The third-order valence-corrected chi connectivity index (χ3v) is 4.94. The Bertz CT molecular complexity index is 579. The van der Waals surface area contributed by atoms with Gasteiger partial charge >= 0.3 is 0 Å². The number of thiazole rings is 1. The summed E-state index contributed by atoms with van der Waals surface area (Å²) >= 11 is 5.28. The van der Waals surface area contributed by atoms with E-state index < -0.39 is 0 Å². The molecule has 3 rings (SSSR count). The smallest absolute Gasteiger partial charge is 0.0897 e. The van der Waals surface area contributed by atoms with Crippen molar-refractivity contribution >= 4 is 27.3 Å². The van der Waals surface area contributed by atoms with E-state index in [4.69, 9.17) is 0 Å². The van der Waals surface area contributed by atoms with E-state index >= 15 is 0 Å². The number of aryl methyl sites for hydroxylation is 2. The minimum absolute atomic E-state index is 0.517. The SMILES string of the molecule is Cc1nc(CCNC2CCc3cc(Br)ccc32)cs1. The Morgan fingerprint density at radius 1 is 1.47 bits per heavy atom. The third-order valence-electron chi connectivity index (χ3n) is 3.62. The highest BCUT2D eigenvalue weighted by Crippen LogP contribution is 2.32.